The molecular formula is C16H12BrNO3S. The van der Waals surface area contributed by atoms with Crippen LogP contribution >= 0.6 is 15.9 Å². The lowest BCUT2D eigenvalue weighted by atomic mass is 10.1. The highest BCUT2D eigenvalue weighted by atomic mass is 79.9. The lowest BCUT2D eigenvalue weighted by molar-refractivity contribution is -0.110. The molecule has 0 radical (unpaired) electrons. The second-order valence-corrected chi connectivity index (χ2v) is 7.73. The van der Waals surface area contributed by atoms with Gasteiger partial charge in [-0.1, -0.05) is 46.3 Å². The van der Waals surface area contributed by atoms with E-state index < -0.39 is 9.84 Å². The van der Waals surface area contributed by atoms with Crippen LogP contribution in [-0.4, -0.2) is 14.3 Å². The molecule has 1 aliphatic heterocycles. The van der Waals surface area contributed by atoms with Crippen molar-refractivity contribution in [1.82, 2.24) is 0 Å². The highest BCUT2D eigenvalue weighted by Gasteiger charge is 2.25. The lowest BCUT2D eigenvalue weighted by Gasteiger charge is -2.02. The van der Waals surface area contributed by atoms with Gasteiger partial charge in [0.1, 0.15) is 0 Å². The molecule has 0 aromatic heterocycles. The molecule has 0 spiro atoms. The van der Waals surface area contributed by atoms with Gasteiger partial charge in [-0.2, -0.15) is 0 Å². The summed E-state index contributed by atoms with van der Waals surface area (Å²) in [5.74, 6) is -0.537. The maximum atomic E-state index is 12.4. The van der Waals surface area contributed by atoms with E-state index in [4.69, 9.17) is 0 Å². The number of rotatable bonds is 3. The molecule has 112 valence electrons. The Morgan fingerprint density at radius 3 is 2.64 bits per heavy atom. The first-order valence-corrected chi connectivity index (χ1v) is 9.05. The van der Waals surface area contributed by atoms with E-state index in [0.717, 1.165) is 9.88 Å². The van der Waals surface area contributed by atoms with Crippen molar-refractivity contribution in [2.24, 2.45) is 0 Å². The zero-order valence-electron chi connectivity index (χ0n) is 11.4. The van der Waals surface area contributed by atoms with E-state index in [-0.39, 0.29) is 17.2 Å². The number of fused-ring (bicyclic) bond motifs is 1. The number of carbonyl (C=O) groups is 1. The zero-order valence-corrected chi connectivity index (χ0v) is 13.8. The smallest absolute Gasteiger partial charge is 0.257 e. The first-order chi connectivity index (χ1) is 10.4. The first-order valence-electron chi connectivity index (χ1n) is 6.54. The SMILES string of the molecule is O=C1Nc2ccccc2C1=CS(=O)(=O)Cc1cccc(Br)c1. The molecule has 1 amide bonds. The number of halogens is 1. The van der Waals surface area contributed by atoms with Crippen LogP contribution in [0.2, 0.25) is 0 Å². The van der Waals surface area contributed by atoms with Gasteiger partial charge in [0.25, 0.3) is 5.91 Å². The molecule has 0 atom stereocenters. The third-order valence-electron chi connectivity index (χ3n) is 3.26. The monoisotopic (exact) mass is 377 g/mol. The zero-order chi connectivity index (χ0) is 15.7. The molecule has 22 heavy (non-hydrogen) atoms. The Labute approximate surface area is 136 Å². The average Bonchev–Trinajstić information content (AvgIpc) is 2.74. The minimum Gasteiger partial charge on any atom is -0.321 e. The highest BCUT2D eigenvalue weighted by Crippen LogP contribution is 2.32. The second-order valence-electron chi connectivity index (χ2n) is 4.97. The van der Waals surface area contributed by atoms with Crippen LogP contribution in [0.4, 0.5) is 5.69 Å². The van der Waals surface area contributed by atoms with Crippen LogP contribution in [-0.2, 0) is 20.4 Å². The maximum Gasteiger partial charge on any atom is 0.257 e. The fourth-order valence-corrected chi connectivity index (χ4v) is 4.10. The first kappa shape index (κ1) is 15.0. The van der Waals surface area contributed by atoms with Crippen molar-refractivity contribution in [2.75, 3.05) is 5.32 Å². The van der Waals surface area contributed by atoms with Crippen LogP contribution < -0.4 is 5.32 Å². The molecule has 6 heteroatoms. The summed E-state index contributed by atoms with van der Waals surface area (Å²) in [5.41, 5.74) is 2.10. The van der Waals surface area contributed by atoms with E-state index in [1.165, 1.54) is 0 Å². The van der Waals surface area contributed by atoms with Gasteiger partial charge < -0.3 is 5.32 Å². The summed E-state index contributed by atoms with van der Waals surface area (Å²) in [5, 5.41) is 3.73. The lowest BCUT2D eigenvalue weighted by Crippen LogP contribution is -2.07. The Kier molecular flexibility index (Phi) is 3.88. The summed E-state index contributed by atoms with van der Waals surface area (Å²) in [6.45, 7) is 0. The number of amides is 1. The molecule has 0 aliphatic carbocycles. The number of benzene rings is 2. The molecule has 2 aromatic rings. The minimum absolute atomic E-state index is 0.147. The molecule has 2 aromatic carbocycles. The van der Waals surface area contributed by atoms with E-state index >= 15 is 0 Å². The number of anilines is 1. The topological polar surface area (TPSA) is 63.2 Å². The standard InChI is InChI=1S/C16H12BrNO3S/c17-12-5-3-4-11(8-12)9-22(20,21)10-14-13-6-1-2-7-15(13)18-16(14)19/h1-8,10H,9H2,(H,18,19). The number of carbonyl (C=O) groups excluding carboxylic acids is 1. The van der Waals surface area contributed by atoms with Crippen molar-refractivity contribution >= 4 is 42.9 Å². The van der Waals surface area contributed by atoms with Crippen molar-refractivity contribution in [3.05, 3.63) is 69.5 Å². The van der Waals surface area contributed by atoms with Crippen molar-refractivity contribution in [2.45, 2.75) is 5.75 Å². The number of sulfone groups is 1. The van der Waals surface area contributed by atoms with Gasteiger partial charge in [0, 0.05) is 21.1 Å². The number of hydrogen-bond donors (Lipinski definition) is 1. The Morgan fingerprint density at radius 2 is 1.86 bits per heavy atom. The molecule has 0 saturated carbocycles. The number of para-hydroxylation sites is 1. The van der Waals surface area contributed by atoms with E-state index in [1.54, 1.807) is 42.5 Å². The molecule has 0 saturated heterocycles. The highest BCUT2D eigenvalue weighted by molar-refractivity contribution is 9.10. The third kappa shape index (κ3) is 3.13. The van der Waals surface area contributed by atoms with E-state index in [0.29, 0.717) is 16.8 Å². The normalized spacial score (nSPS) is 15.7. The van der Waals surface area contributed by atoms with Crippen LogP contribution in [0.25, 0.3) is 5.57 Å². The van der Waals surface area contributed by atoms with Crippen molar-refractivity contribution < 1.29 is 13.2 Å². The predicted molar refractivity (Wildman–Crippen MR) is 89.8 cm³/mol. The second kappa shape index (κ2) is 5.70. The van der Waals surface area contributed by atoms with E-state index in [1.807, 2.05) is 6.07 Å². The quantitative estimate of drug-likeness (QED) is 0.834. The van der Waals surface area contributed by atoms with Gasteiger partial charge in [-0.3, -0.25) is 4.79 Å². The van der Waals surface area contributed by atoms with Gasteiger partial charge in [0.05, 0.1) is 11.3 Å². The third-order valence-corrected chi connectivity index (χ3v) is 5.09. The molecular weight excluding hydrogens is 366 g/mol. The van der Waals surface area contributed by atoms with Gasteiger partial charge in [-0.15, -0.1) is 0 Å². The van der Waals surface area contributed by atoms with Gasteiger partial charge in [-0.05, 0) is 23.8 Å². The Bertz CT molecular complexity index is 888. The van der Waals surface area contributed by atoms with Gasteiger partial charge in [0.2, 0.25) is 0 Å². The predicted octanol–water partition coefficient (Wildman–Crippen LogP) is 3.36. The fraction of sp³-hybridized carbons (Fsp3) is 0.0625. The molecule has 0 bridgehead atoms. The van der Waals surface area contributed by atoms with Crippen LogP contribution in [0.15, 0.2) is 58.4 Å². The van der Waals surface area contributed by atoms with Crippen molar-refractivity contribution in [3.8, 4) is 0 Å². The summed E-state index contributed by atoms with van der Waals surface area (Å²) in [7, 11) is -3.55. The summed E-state index contributed by atoms with van der Waals surface area (Å²) in [6, 6.07) is 14.1. The average molecular weight is 378 g/mol. The van der Waals surface area contributed by atoms with Crippen LogP contribution in [0.5, 0.6) is 0 Å². The van der Waals surface area contributed by atoms with Crippen LogP contribution in [0.1, 0.15) is 11.1 Å². The molecule has 4 nitrogen and oxygen atoms in total. The summed E-state index contributed by atoms with van der Waals surface area (Å²) < 4.78 is 25.5. The molecule has 1 heterocycles. The Morgan fingerprint density at radius 1 is 1.09 bits per heavy atom. The van der Waals surface area contributed by atoms with Crippen molar-refractivity contribution in [1.29, 1.82) is 0 Å². The molecule has 0 fully saturated rings. The van der Waals surface area contributed by atoms with Gasteiger partial charge >= 0.3 is 0 Å². The fourth-order valence-electron chi connectivity index (χ4n) is 2.34. The van der Waals surface area contributed by atoms with Crippen LogP contribution in [0.3, 0.4) is 0 Å². The Balaban J connectivity index is 1.95. The largest absolute Gasteiger partial charge is 0.321 e. The summed E-state index contributed by atoms with van der Waals surface area (Å²) in [4.78, 5) is 12.0. The van der Waals surface area contributed by atoms with Crippen molar-refractivity contribution in [3.63, 3.8) is 0 Å². The molecule has 1 aliphatic rings. The molecule has 0 unspecified atom stereocenters. The minimum atomic E-state index is -3.55. The van der Waals surface area contributed by atoms with Gasteiger partial charge in [0.15, 0.2) is 9.84 Å². The summed E-state index contributed by atoms with van der Waals surface area (Å²) in [6.07, 6.45) is 0. The van der Waals surface area contributed by atoms with E-state index in [9.17, 15) is 13.2 Å². The number of hydrogen-bond acceptors (Lipinski definition) is 3. The van der Waals surface area contributed by atoms with Crippen LogP contribution in [0, 0.1) is 0 Å². The van der Waals surface area contributed by atoms with E-state index in [2.05, 4.69) is 21.2 Å². The van der Waals surface area contributed by atoms with Gasteiger partial charge in [-0.25, -0.2) is 8.42 Å². The number of nitrogens with one attached hydrogen (secondary N) is 1. The summed E-state index contributed by atoms with van der Waals surface area (Å²) >= 11 is 3.31. The maximum absolute atomic E-state index is 12.4. The molecule has 1 N–H and O–H groups in total. The molecule has 3 rings (SSSR count). The Hall–Kier alpha value is -1.92.